The number of ether oxygens (including phenoxy) is 2. The Morgan fingerprint density at radius 2 is 2.08 bits per heavy atom. The van der Waals surface area contributed by atoms with Crippen LogP contribution in [0.5, 0.6) is 0 Å². The molecule has 0 radical (unpaired) electrons. The molecule has 1 heterocycles. The third-order valence-corrected chi connectivity index (χ3v) is 4.57. The van der Waals surface area contributed by atoms with Gasteiger partial charge in [0.2, 0.25) is 0 Å². The first-order chi connectivity index (χ1) is 11.2. The van der Waals surface area contributed by atoms with E-state index >= 15 is 0 Å². The van der Waals surface area contributed by atoms with Gasteiger partial charge in [-0.25, -0.2) is 4.79 Å². The van der Waals surface area contributed by atoms with E-state index in [1.54, 1.807) is 26.8 Å². The van der Waals surface area contributed by atoms with E-state index in [0.717, 1.165) is 11.1 Å². The standard InChI is InChI=1S/C19H26O5/c1-10(2)18(21)23-15-8-11(3)6-7-14(20)12(4)9-16-17(15)13(5)19(22)24-16/h6,9-10,14-17,20H,5,7-8H2,1-4H3/b11-6+,12-9+/t14-,15-,16+,17+/m0/s1. The Labute approximate surface area is 143 Å². The van der Waals surface area contributed by atoms with Crippen LogP contribution in [-0.2, 0) is 19.1 Å². The highest BCUT2D eigenvalue weighted by molar-refractivity contribution is 5.91. The molecule has 5 heteroatoms. The number of carbonyl (C=O) groups is 2. The van der Waals surface area contributed by atoms with E-state index in [2.05, 4.69) is 6.58 Å². The second-order valence-corrected chi connectivity index (χ2v) is 6.97. The van der Waals surface area contributed by atoms with Crippen molar-refractivity contribution in [3.63, 3.8) is 0 Å². The molecule has 132 valence electrons. The predicted molar refractivity (Wildman–Crippen MR) is 90.0 cm³/mol. The molecule has 5 nitrogen and oxygen atoms in total. The van der Waals surface area contributed by atoms with Gasteiger partial charge in [-0.1, -0.05) is 32.1 Å². The fourth-order valence-corrected chi connectivity index (χ4v) is 2.98. The van der Waals surface area contributed by atoms with Crippen LogP contribution in [0, 0.1) is 11.8 Å². The molecule has 1 aliphatic heterocycles. The van der Waals surface area contributed by atoms with Crippen LogP contribution in [0.4, 0.5) is 0 Å². The number of esters is 2. The number of rotatable bonds is 2. The summed E-state index contributed by atoms with van der Waals surface area (Å²) in [6.45, 7) is 11.1. The molecule has 24 heavy (non-hydrogen) atoms. The Morgan fingerprint density at radius 1 is 1.42 bits per heavy atom. The smallest absolute Gasteiger partial charge is 0.334 e. The fraction of sp³-hybridized carbons (Fsp3) is 0.579. The van der Waals surface area contributed by atoms with Gasteiger partial charge in [0.15, 0.2) is 0 Å². The van der Waals surface area contributed by atoms with Crippen LogP contribution in [0.15, 0.2) is 35.5 Å². The van der Waals surface area contributed by atoms with Gasteiger partial charge in [0.25, 0.3) is 0 Å². The monoisotopic (exact) mass is 334 g/mol. The average molecular weight is 334 g/mol. The van der Waals surface area contributed by atoms with Crippen molar-refractivity contribution in [2.24, 2.45) is 11.8 Å². The number of carbonyl (C=O) groups excluding carboxylic acids is 2. The first kappa shape index (κ1) is 18.5. The zero-order chi connectivity index (χ0) is 18.0. The van der Waals surface area contributed by atoms with Gasteiger partial charge in [-0.3, -0.25) is 4.79 Å². The highest BCUT2D eigenvalue weighted by Gasteiger charge is 2.44. The van der Waals surface area contributed by atoms with Crippen LogP contribution >= 0.6 is 0 Å². The van der Waals surface area contributed by atoms with Crippen molar-refractivity contribution in [1.82, 2.24) is 0 Å². The lowest BCUT2D eigenvalue weighted by atomic mass is 9.85. The summed E-state index contributed by atoms with van der Waals surface area (Å²) >= 11 is 0. The highest BCUT2D eigenvalue weighted by atomic mass is 16.6. The number of hydrogen-bond acceptors (Lipinski definition) is 5. The van der Waals surface area contributed by atoms with Crippen molar-refractivity contribution in [1.29, 1.82) is 0 Å². The summed E-state index contributed by atoms with van der Waals surface area (Å²) < 4.78 is 11.1. The molecule has 0 spiro atoms. The van der Waals surface area contributed by atoms with Crippen molar-refractivity contribution in [3.05, 3.63) is 35.5 Å². The van der Waals surface area contributed by atoms with Crippen LogP contribution in [0.2, 0.25) is 0 Å². The molecule has 0 aromatic rings. The van der Waals surface area contributed by atoms with Gasteiger partial charge in [0, 0.05) is 12.0 Å². The van der Waals surface area contributed by atoms with E-state index in [1.165, 1.54) is 0 Å². The van der Waals surface area contributed by atoms with Gasteiger partial charge in [0.05, 0.1) is 17.9 Å². The maximum atomic E-state index is 12.1. The number of aliphatic hydroxyl groups excluding tert-OH is 1. The van der Waals surface area contributed by atoms with E-state index in [0.29, 0.717) is 18.4 Å². The molecule has 4 atom stereocenters. The van der Waals surface area contributed by atoms with Crippen LogP contribution in [0.1, 0.15) is 40.5 Å². The minimum atomic E-state index is -0.622. The first-order valence-corrected chi connectivity index (χ1v) is 8.33. The molecule has 2 rings (SSSR count). The number of aliphatic hydroxyl groups is 1. The maximum Gasteiger partial charge on any atom is 0.334 e. The lowest BCUT2D eigenvalue weighted by Crippen LogP contribution is -2.34. The summed E-state index contributed by atoms with van der Waals surface area (Å²) in [6, 6.07) is 0. The summed E-state index contributed by atoms with van der Waals surface area (Å²) in [4.78, 5) is 24.1. The van der Waals surface area contributed by atoms with E-state index in [9.17, 15) is 14.7 Å². The molecule has 0 bridgehead atoms. The van der Waals surface area contributed by atoms with Crippen molar-refractivity contribution in [2.45, 2.75) is 58.8 Å². The Kier molecular flexibility index (Phi) is 5.65. The van der Waals surface area contributed by atoms with Crippen LogP contribution in [-0.4, -0.2) is 35.4 Å². The molecule has 1 saturated heterocycles. The summed E-state index contributed by atoms with van der Waals surface area (Å²) in [5.74, 6) is -1.48. The Hall–Kier alpha value is -1.88. The van der Waals surface area contributed by atoms with Crippen LogP contribution in [0.25, 0.3) is 0 Å². The van der Waals surface area contributed by atoms with Gasteiger partial charge < -0.3 is 14.6 Å². The Bertz CT molecular complexity index is 599. The van der Waals surface area contributed by atoms with E-state index in [4.69, 9.17) is 9.47 Å². The Morgan fingerprint density at radius 3 is 2.71 bits per heavy atom. The molecule has 1 fully saturated rings. The van der Waals surface area contributed by atoms with Crippen molar-refractivity contribution < 1.29 is 24.2 Å². The largest absolute Gasteiger partial charge is 0.461 e. The van der Waals surface area contributed by atoms with Gasteiger partial charge in [-0.2, -0.15) is 0 Å². The summed E-state index contributed by atoms with van der Waals surface area (Å²) in [5.41, 5.74) is 2.04. The molecule has 0 aromatic heterocycles. The van der Waals surface area contributed by atoms with Crippen molar-refractivity contribution >= 4 is 11.9 Å². The normalized spacial score (nSPS) is 35.4. The molecule has 2 aliphatic rings. The lowest BCUT2D eigenvalue weighted by Gasteiger charge is -2.28. The topological polar surface area (TPSA) is 72.8 Å². The van der Waals surface area contributed by atoms with Gasteiger partial charge in [-0.15, -0.1) is 0 Å². The average Bonchev–Trinajstić information content (AvgIpc) is 2.77. The Balaban J connectivity index is 2.41. The van der Waals surface area contributed by atoms with Gasteiger partial charge in [0.1, 0.15) is 12.2 Å². The number of hydrogen-bond donors (Lipinski definition) is 1. The van der Waals surface area contributed by atoms with Gasteiger partial charge in [-0.05, 0) is 31.9 Å². The molecule has 0 unspecified atom stereocenters. The summed E-state index contributed by atoms with van der Waals surface area (Å²) in [7, 11) is 0. The van der Waals surface area contributed by atoms with Gasteiger partial charge >= 0.3 is 11.9 Å². The SMILES string of the molecule is C=C1C(=O)O[C@@H]2/C=C(\C)[C@@H](O)C/C=C(\C)C[C@H](OC(=O)C(C)C)[C@@H]12. The van der Waals surface area contributed by atoms with Crippen LogP contribution in [0.3, 0.4) is 0 Å². The second-order valence-electron chi connectivity index (χ2n) is 6.97. The van der Waals surface area contributed by atoms with Crippen LogP contribution < -0.4 is 0 Å². The first-order valence-electron chi connectivity index (χ1n) is 8.33. The van der Waals surface area contributed by atoms with E-state index in [1.807, 2.05) is 13.0 Å². The lowest BCUT2D eigenvalue weighted by molar-refractivity contribution is -0.155. The second kappa shape index (κ2) is 7.34. The predicted octanol–water partition coefficient (Wildman–Crippen LogP) is 2.70. The quantitative estimate of drug-likeness (QED) is 0.477. The van der Waals surface area contributed by atoms with E-state index < -0.39 is 30.2 Å². The minimum Gasteiger partial charge on any atom is -0.461 e. The third kappa shape index (κ3) is 3.96. The molecular weight excluding hydrogens is 308 g/mol. The summed E-state index contributed by atoms with van der Waals surface area (Å²) in [5, 5.41) is 10.2. The molecule has 0 amide bonds. The fourth-order valence-electron chi connectivity index (χ4n) is 2.98. The van der Waals surface area contributed by atoms with E-state index in [-0.39, 0.29) is 11.9 Å². The molecule has 0 aromatic carbocycles. The minimum absolute atomic E-state index is 0.256. The highest BCUT2D eigenvalue weighted by Crippen LogP contribution is 2.36. The maximum absolute atomic E-state index is 12.1. The third-order valence-electron chi connectivity index (χ3n) is 4.57. The van der Waals surface area contributed by atoms with Crippen molar-refractivity contribution in [3.8, 4) is 0 Å². The van der Waals surface area contributed by atoms with Crippen molar-refractivity contribution in [2.75, 3.05) is 0 Å². The summed E-state index contributed by atoms with van der Waals surface area (Å²) in [6.07, 6.45) is 2.94. The number of fused-ring (bicyclic) bond motifs is 1. The molecule has 0 saturated carbocycles. The zero-order valence-corrected chi connectivity index (χ0v) is 14.7. The zero-order valence-electron chi connectivity index (χ0n) is 14.7. The molecule has 1 N–H and O–H groups in total. The molecule has 1 aliphatic carbocycles. The molecular formula is C19H26O5.